The monoisotopic (exact) mass is 224 g/mol. The van der Waals surface area contributed by atoms with Gasteiger partial charge in [-0.2, -0.15) is 0 Å². The minimum Gasteiger partial charge on any atom is -0.399 e. The zero-order chi connectivity index (χ0) is 12.1. The van der Waals surface area contributed by atoms with Gasteiger partial charge in [-0.05, 0) is 42.3 Å². The summed E-state index contributed by atoms with van der Waals surface area (Å²) in [5.41, 5.74) is 9.65. The van der Waals surface area contributed by atoms with Crippen LogP contribution in [0.25, 0.3) is 12.2 Å². The second kappa shape index (κ2) is 5.30. The zero-order valence-corrected chi connectivity index (χ0v) is 9.93. The number of aromatic nitrogens is 1. The highest BCUT2D eigenvalue weighted by Crippen LogP contribution is 2.10. The van der Waals surface area contributed by atoms with Crippen LogP contribution in [-0.4, -0.2) is 4.98 Å². The average molecular weight is 224 g/mol. The molecule has 0 saturated heterocycles. The van der Waals surface area contributed by atoms with Crippen LogP contribution in [0, 0.1) is 0 Å². The van der Waals surface area contributed by atoms with Crippen LogP contribution in [0.5, 0.6) is 0 Å². The average Bonchev–Trinajstić information content (AvgIpc) is 2.38. The standard InChI is InChI=1S/C15H16N2/c1-2-14-4-3-5-15(17-14)11-8-12-6-9-13(16)10-7-12/h3-11H,2,16H2,1H3/b11-8+. The fourth-order valence-electron chi connectivity index (χ4n) is 1.58. The van der Waals surface area contributed by atoms with Crippen LogP contribution >= 0.6 is 0 Å². The summed E-state index contributed by atoms with van der Waals surface area (Å²) < 4.78 is 0. The molecular weight excluding hydrogens is 208 g/mol. The number of nitrogens with zero attached hydrogens (tertiary/aromatic N) is 1. The van der Waals surface area contributed by atoms with Crippen molar-refractivity contribution in [3.63, 3.8) is 0 Å². The number of anilines is 1. The summed E-state index contributed by atoms with van der Waals surface area (Å²) in [5, 5.41) is 0. The second-order valence-electron chi connectivity index (χ2n) is 3.91. The summed E-state index contributed by atoms with van der Waals surface area (Å²) in [6.07, 6.45) is 5.02. The van der Waals surface area contributed by atoms with Crippen molar-refractivity contribution < 1.29 is 0 Å². The second-order valence-corrected chi connectivity index (χ2v) is 3.91. The molecule has 2 heteroatoms. The van der Waals surface area contributed by atoms with Crippen molar-refractivity contribution in [1.29, 1.82) is 0 Å². The van der Waals surface area contributed by atoms with E-state index in [1.54, 1.807) is 0 Å². The van der Waals surface area contributed by atoms with Crippen LogP contribution in [-0.2, 0) is 6.42 Å². The molecular formula is C15H16N2. The lowest BCUT2D eigenvalue weighted by atomic mass is 10.2. The van der Waals surface area contributed by atoms with Gasteiger partial charge in [0.1, 0.15) is 0 Å². The van der Waals surface area contributed by atoms with E-state index >= 15 is 0 Å². The quantitative estimate of drug-likeness (QED) is 0.811. The fourth-order valence-corrected chi connectivity index (χ4v) is 1.58. The Balaban J connectivity index is 2.16. The van der Waals surface area contributed by atoms with Gasteiger partial charge in [0, 0.05) is 11.4 Å². The molecule has 0 atom stereocenters. The Morgan fingerprint density at radius 1 is 1.06 bits per heavy atom. The van der Waals surface area contributed by atoms with Crippen molar-refractivity contribution in [3.05, 3.63) is 59.4 Å². The number of rotatable bonds is 3. The topological polar surface area (TPSA) is 38.9 Å². The molecule has 17 heavy (non-hydrogen) atoms. The highest BCUT2D eigenvalue weighted by atomic mass is 14.7. The Morgan fingerprint density at radius 3 is 2.53 bits per heavy atom. The van der Waals surface area contributed by atoms with Crippen molar-refractivity contribution in [2.75, 3.05) is 5.73 Å². The molecule has 1 aromatic heterocycles. The van der Waals surface area contributed by atoms with E-state index in [0.29, 0.717) is 0 Å². The summed E-state index contributed by atoms with van der Waals surface area (Å²) in [7, 11) is 0. The number of nitrogen functional groups attached to an aromatic ring is 1. The number of hydrogen-bond donors (Lipinski definition) is 1. The Kier molecular flexibility index (Phi) is 3.55. The van der Waals surface area contributed by atoms with E-state index in [4.69, 9.17) is 5.73 Å². The van der Waals surface area contributed by atoms with E-state index in [9.17, 15) is 0 Å². The Labute approximate surface area is 102 Å². The maximum absolute atomic E-state index is 5.64. The van der Waals surface area contributed by atoms with Crippen molar-refractivity contribution in [3.8, 4) is 0 Å². The Hall–Kier alpha value is -2.09. The van der Waals surface area contributed by atoms with Gasteiger partial charge in [-0.25, -0.2) is 0 Å². The summed E-state index contributed by atoms with van der Waals surface area (Å²) in [4.78, 5) is 4.51. The van der Waals surface area contributed by atoms with Gasteiger partial charge in [-0.3, -0.25) is 4.98 Å². The molecule has 0 bridgehead atoms. The molecule has 1 heterocycles. The lowest BCUT2D eigenvalue weighted by molar-refractivity contribution is 1.03. The predicted octanol–water partition coefficient (Wildman–Crippen LogP) is 3.40. The first-order valence-corrected chi connectivity index (χ1v) is 5.77. The molecule has 0 radical (unpaired) electrons. The number of aryl methyl sites for hydroxylation is 1. The minimum atomic E-state index is 0.785. The molecule has 0 aliphatic heterocycles. The summed E-state index contributed by atoms with van der Waals surface area (Å²) in [6.45, 7) is 2.11. The first-order chi connectivity index (χ1) is 8.28. The number of hydrogen-bond acceptors (Lipinski definition) is 2. The summed E-state index contributed by atoms with van der Waals surface area (Å²) in [6, 6.07) is 13.9. The van der Waals surface area contributed by atoms with E-state index in [1.807, 2.05) is 54.6 Å². The third-order valence-electron chi connectivity index (χ3n) is 2.57. The smallest absolute Gasteiger partial charge is 0.0633 e. The highest BCUT2D eigenvalue weighted by Gasteiger charge is 1.92. The summed E-state index contributed by atoms with van der Waals surface area (Å²) in [5.74, 6) is 0. The van der Waals surface area contributed by atoms with Crippen molar-refractivity contribution in [2.24, 2.45) is 0 Å². The molecule has 0 unspecified atom stereocenters. The molecule has 0 saturated carbocycles. The lowest BCUT2D eigenvalue weighted by Crippen LogP contribution is -1.88. The molecule has 0 aliphatic carbocycles. The van der Waals surface area contributed by atoms with Crippen LogP contribution in [0.2, 0.25) is 0 Å². The third kappa shape index (κ3) is 3.18. The maximum atomic E-state index is 5.64. The normalized spacial score (nSPS) is 10.9. The van der Waals surface area contributed by atoms with Crippen LogP contribution in [0.3, 0.4) is 0 Å². The Bertz CT molecular complexity index is 513. The third-order valence-corrected chi connectivity index (χ3v) is 2.57. The van der Waals surface area contributed by atoms with Gasteiger partial charge in [0.2, 0.25) is 0 Å². The maximum Gasteiger partial charge on any atom is 0.0633 e. The molecule has 0 spiro atoms. The minimum absolute atomic E-state index is 0.785. The van der Waals surface area contributed by atoms with Crippen molar-refractivity contribution in [1.82, 2.24) is 4.98 Å². The van der Waals surface area contributed by atoms with Gasteiger partial charge in [0.05, 0.1) is 5.69 Å². The molecule has 0 fully saturated rings. The number of pyridine rings is 1. The fraction of sp³-hybridized carbons (Fsp3) is 0.133. The molecule has 2 rings (SSSR count). The molecule has 2 aromatic rings. The van der Waals surface area contributed by atoms with E-state index in [2.05, 4.69) is 11.9 Å². The molecule has 0 aliphatic rings. The van der Waals surface area contributed by atoms with E-state index < -0.39 is 0 Å². The van der Waals surface area contributed by atoms with E-state index in [-0.39, 0.29) is 0 Å². The van der Waals surface area contributed by atoms with Crippen LogP contribution < -0.4 is 5.73 Å². The van der Waals surface area contributed by atoms with Crippen LogP contribution in [0.15, 0.2) is 42.5 Å². The summed E-state index contributed by atoms with van der Waals surface area (Å²) >= 11 is 0. The van der Waals surface area contributed by atoms with Gasteiger partial charge in [-0.15, -0.1) is 0 Å². The molecule has 0 amide bonds. The highest BCUT2D eigenvalue weighted by molar-refractivity contribution is 5.68. The zero-order valence-electron chi connectivity index (χ0n) is 9.93. The van der Waals surface area contributed by atoms with Gasteiger partial charge in [-0.1, -0.05) is 31.2 Å². The SMILES string of the molecule is CCc1cccc(/C=C/c2ccc(N)cc2)n1. The largest absolute Gasteiger partial charge is 0.399 e. The first-order valence-electron chi connectivity index (χ1n) is 5.77. The molecule has 2 N–H and O–H groups in total. The van der Waals surface area contributed by atoms with Crippen molar-refractivity contribution in [2.45, 2.75) is 13.3 Å². The van der Waals surface area contributed by atoms with Crippen LogP contribution in [0.1, 0.15) is 23.9 Å². The molecule has 86 valence electrons. The van der Waals surface area contributed by atoms with Gasteiger partial charge >= 0.3 is 0 Å². The van der Waals surface area contributed by atoms with Gasteiger partial charge in [0.15, 0.2) is 0 Å². The van der Waals surface area contributed by atoms with E-state index in [0.717, 1.165) is 29.1 Å². The number of benzene rings is 1. The van der Waals surface area contributed by atoms with Gasteiger partial charge in [0.25, 0.3) is 0 Å². The van der Waals surface area contributed by atoms with Crippen molar-refractivity contribution >= 4 is 17.8 Å². The molecule has 2 nitrogen and oxygen atoms in total. The predicted molar refractivity (Wildman–Crippen MR) is 73.4 cm³/mol. The van der Waals surface area contributed by atoms with E-state index in [1.165, 1.54) is 0 Å². The number of nitrogens with two attached hydrogens (primary N) is 1. The lowest BCUT2D eigenvalue weighted by Gasteiger charge is -1.98. The Morgan fingerprint density at radius 2 is 1.82 bits per heavy atom. The van der Waals surface area contributed by atoms with Gasteiger partial charge < -0.3 is 5.73 Å². The first kappa shape index (κ1) is 11.4. The molecule has 1 aromatic carbocycles. The van der Waals surface area contributed by atoms with Crippen LogP contribution in [0.4, 0.5) is 5.69 Å².